The molecule has 1 atom stereocenters. The van der Waals surface area contributed by atoms with Gasteiger partial charge in [0.05, 0.1) is 6.10 Å². The number of hydrogen-bond donors (Lipinski definition) is 0. The first kappa shape index (κ1) is 10.2. The molecule has 0 amide bonds. The van der Waals surface area contributed by atoms with E-state index in [-0.39, 0.29) is 32.7 Å². The van der Waals surface area contributed by atoms with E-state index in [4.69, 9.17) is 4.74 Å². The smallest absolute Gasteiger partial charge is 0.0921 e. The Labute approximate surface area is 98.4 Å². The maximum Gasteiger partial charge on any atom is 0.0921 e. The third kappa shape index (κ3) is 2.08. The van der Waals surface area contributed by atoms with Crippen molar-refractivity contribution in [1.29, 1.82) is 0 Å². The van der Waals surface area contributed by atoms with E-state index in [1.165, 1.54) is 5.56 Å². The predicted octanol–water partition coefficient (Wildman–Crippen LogP) is 2.20. The van der Waals surface area contributed by atoms with Crippen molar-refractivity contribution in [1.82, 2.24) is 0 Å². The summed E-state index contributed by atoms with van der Waals surface area (Å²) in [5.74, 6) is 0.950. The van der Waals surface area contributed by atoms with Crippen LogP contribution >= 0.6 is 0 Å². The molecule has 0 aliphatic carbocycles. The number of benzene rings is 1. The third-order valence-electron chi connectivity index (χ3n) is 2.04. The van der Waals surface area contributed by atoms with Gasteiger partial charge >= 0.3 is 0 Å². The van der Waals surface area contributed by atoms with Crippen LogP contribution in [0.4, 0.5) is 0 Å². The van der Waals surface area contributed by atoms with Crippen LogP contribution in [0.25, 0.3) is 0 Å². The molecule has 0 N–H and O–H groups in total. The Balaban J connectivity index is 0.000000720. The van der Waals surface area contributed by atoms with Crippen LogP contribution in [0.5, 0.6) is 5.75 Å². The van der Waals surface area contributed by atoms with Crippen LogP contribution in [0.15, 0.2) is 18.2 Å². The van der Waals surface area contributed by atoms with Gasteiger partial charge in [-0.2, -0.15) is 18.2 Å². The fourth-order valence-corrected chi connectivity index (χ4v) is 1.38. The molecule has 2 heteroatoms. The normalized spacial score (nSPS) is 20.2. The van der Waals surface area contributed by atoms with Crippen molar-refractivity contribution in [3.63, 3.8) is 0 Å². The van der Waals surface area contributed by atoms with Gasteiger partial charge in [0.25, 0.3) is 0 Å². The summed E-state index contributed by atoms with van der Waals surface area (Å²) in [6, 6.07) is 9.12. The number of ether oxygens (including phenoxy) is 1. The molecule has 0 saturated carbocycles. The van der Waals surface area contributed by atoms with E-state index in [0.717, 1.165) is 18.6 Å². The van der Waals surface area contributed by atoms with Gasteiger partial charge in [0.15, 0.2) is 0 Å². The number of hydrogen-bond acceptors (Lipinski definition) is 1. The van der Waals surface area contributed by atoms with E-state index in [1.54, 1.807) is 0 Å². The Morgan fingerprint density at radius 2 is 2.42 bits per heavy atom. The van der Waals surface area contributed by atoms with Gasteiger partial charge in [0, 0.05) is 38.5 Å². The summed E-state index contributed by atoms with van der Waals surface area (Å²) in [5.41, 5.74) is 1.30. The minimum absolute atomic E-state index is 0. The van der Waals surface area contributed by atoms with Gasteiger partial charge in [-0.3, -0.25) is 0 Å². The number of fused-ring (bicyclic) bond motifs is 1. The molecule has 1 unspecified atom stereocenters. The van der Waals surface area contributed by atoms with E-state index in [1.807, 2.05) is 12.1 Å². The van der Waals surface area contributed by atoms with Gasteiger partial charge < -0.3 is 4.74 Å². The van der Waals surface area contributed by atoms with Gasteiger partial charge in [-0.1, -0.05) is 6.42 Å². The maximum atomic E-state index is 5.58. The topological polar surface area (TPSA) is 9.23 Å². The van der Waals surface area contributed by atoms with Crippen LogP contribution in [0.3, 0.4) is 0 Å². The molecule has 0 aromatic heterocycles. The van der Waals surface area contributed by atoms with Crippen molar-refractivity contribution in [2.24, 2.45) is 0 Å². The zero-order valence-electron chi connectivity index (χ0n) is 7.21. The molecular formula is C10H11OY-. The van der Waals surface area contributed by atoms with Crippen molar-refractivity contribution in [2.75, 3.05) is 0 Å². The Morgan fingerprint density at radius 1 is 1.58 bits per heavy atom. The van der Waals surface area contributed by atoms with Gasteiger partial charge in [-0.15, -0.1) is 11.6 Å². The Hall–Kier alpha value is 0.124. The second kappa shape index (κ2) is 4.39. The summed E-state index contributed by atoms with van der Waals surface area (Å²) in [4.78, 5) is 0. The molecule has 12 heavy (non-hydrogen) atoms. The summed E-state index contributed by atoms with van der Waals surface area (Å²) >= 11 is 0. The molecule has 1 aliphatic rings. The van der Waals surface area contributed by atoms with E-state index in [2.05, 4.69) is 19.1 Å². The van der Waals surface area contributed by atoms with Crippen LogP contribution in [0.2, 0.25) is 0 Å². The van der Waals surface area contributed by atoms with Crippen molar-refractivity contribution >= 4 is 0 Å². The van der Waals surface area contributed by atoms with E-state index < -0.39 is 0 Å². The molecule has 1 aromatic carbocycles. The average Bonchev–Trinajstić information content (AvgIpc) is 2.04. The summed E-state index contributed by atoms with van der Waals surface area (Å²) in [6.45, 7) is 2.10. The summed E-state index contributed by atoms with van der Waals surface area (Å²) in [5, 5.41) is 0. The fraction of sp³-hybridized carbons (Fsp3) is 0.400. The molecule has 1 heterocycles. The second-order valence-corrected chi connectivity index (χ2v) is 2.99. The van der Waals surface area contributed by atoms with E-state index in [0.29, 0.717) is 6.10 Å². The summed E-state index contributed by atoms with van der Waals surface area (Å²) < 4.78 is 5.58. The molecule has 0 saturated heterocycles. The SMILES string of the molecule is CC1CCc2ccc[c-]c2O1.[Y]. The van der Waals surface area contributed by atoms with Crippen LogP contribution < -0.4 is 4.74 Å². The average molecular weight is 236 g/mol. The number of para-hydroxylation sites is 1. The molecule has 1 radical (unpaired) electrons. The molecule has 0 fully saturated rings. The number of aryl methyl sites for hydroxylation is 1. The molecule has 2 rings (SSSR count). The molecule has 0 bridgehead atoms. The monoisotopic (exact) mass is 236 g/mol. The van der Waals surface area contributed by atoms with Crippen molar-refractivity contribution in [3.05, 3.63) is 29.8 Å². The van der Waals surface area contributed by atoms with Crippen LogP contribution in [0.1, 0.15) is 18.9 Å². The van der Waals surface area contributed by atoms with Crippen molar-refractivity contribution < 1.29 is 37.4 Å². The molecule has 1 aliphatic heterocycles. The zero-order valence-corrected chi connectivity index (χ0v) is 10.0. The molecule has 0 spiro atoms. The van der Waals surface area contributed by atoms with Gasteiger partial charge in [-0.05, 0) is 13.3 Å². The van der Waals surface area contributed by atoms with Gasteiger partial charge in [0.1, 0.15) is 0 Å². The van der Waals surface area contributed by atoms with E-state index in [9.17, 15) is 0 Å². The minimum Gasteiger partial charge on any atom is -0.516 e. The number of rotatable bonds is 0. The molecule has 61 valence electrons. The van der Waals surface area contributed by atoms with Crippen LogP contribution in [0, 0.1) is 6.07 Å². The predicted molar refractivity (Wildman–Crippen MR) is 43.7 cm³/mol. The largest absolute Gasteiger partial charge is 0.516 e. The third-order valence-corrected chi connectivity index (χ3v) is 2.04. The van der Waals surface area contributed by atoms with Gasteiger partial charge in [0.2, 0.25) is 0 Å². The van der Waals surface area contributed by atoms with Crippen molar-refractivity contribution in [2.45, 2.75) is 25.9 Å². The zero-order chi connectivity index (χ0) is 7.68. The standard InChI is InChI=1S/C10H11O.Y/c1-8-6-7-9-4-2-3-5-10(9)11-8;/h2-4,8H,6-7H2,1H3;/q-1;. The first-order valence-corrected chi connectivity index (χ1v) is 4.02. The fourth-order valence-electron chi connectivity index (χ4n) is 1.38. The quantitative estimate of drug-likeness (QED) is 0.627. The Bertz CT molecular complexity index is 260. The summed E-state index contributed by atoms with van der Waals surface area (Å²) in [6.07, 6.45) is 2.62. The first-order valence-electron chi connectivity index (χ1n) is 4.02. The molecule has 1 nitrogen and oxygen atoms in total. The maximum absolute atomic E-state index is 5.58. The molecular weight excluding hydrogens is 225 g/mol. The van der Waals surface area contributed by atoms with Gasteiger partial charge in [-0.25, -0.2) is 0 Å². The van der Waals surface area contributed by atoms with E-state index >= 15 is 0 Å². The van der Waals surface area contributed by atoms with Crippen LogP contribution in [-0.2, 0) is 39.1 Å². The van der Waals surface area contributed by atoms with Crippen molar-refractivity contribution in [3.8, 4) is 5.75 Å². The van der Waals surface area contributed by atoms with Crippen LogP contribution in [-0.4, -0.2) is 6.10 Å². The Morgan fingerprint density at radius 3 is 3.25 bits per heavy atom. The minimum atomic E-state index is 0. The summed E-state index contributed by atoms with van der Waals surface area (Å²) in [7, 11) is 0. The Kier molecular flexibility index (Phi) is 3.73. The molecule has 1 aromatic rings. The second-order valence-electron chi connectivity index (χ2n) is 2.99. The first-order chi connectivity index (χ1) is 5.36.